The van der Waals surface area contributed by atoms with Crippen molar-refractivity contribution < 1.29 is 8.42 Å². The van der Waals surface area contributed by atoms with Crippen LogP contribution in [0.1, 0.15) is 24.9 Å². The van der Waals surface area contributed by atoms with Gasteiger partial charge in [0.05, 0.1) is 8.81 Å². The number of benzene rings is 1. The Morgan fingerprint density at radius 3 is 2.38 bits per heavy atom. The lowest BCUT2D eigenvalue weighted by Crippen LogP contribution is -2.27. The van der Waals surface area contributed by atoms with Crippen LogP contribution in [0.25, 0.3) is 0 Å². The SMILES string of the molecule is CCC(NS(=O)(=O)c1cc(Cl)c(Br)s1)c1ccc(Br)cc1. The molecule has 0 amide bonds. The molecule has 0 saturated heterocycles. The smallest absolute Gasteiger partial charge is 0.206 e. The first-order valence-electron chi connectivity index (χ1n) is 6.06. The topological polar surface area (TPSA) is 46.2 Å². The molecular weight excluding hydrogens is 462 g/mol. The molecule has 1 atom stereocenters. The van der Waals surface area contributed by atoms with Crippen LogP contribution < -0.4 is 4.72 Å². The van der Waals surface area contributed by atoms with Crippen molar-refractivity contribution in [1.29, 1.82) is 0 Å². The number of hydrogen-bond donors (Lipinski definition) is 1. The summed E-state index contributed by atoms with van der Waals surface area (Å²) < 4.78 is 29.3. The fourth-order valence-corrected chi connectivity index (χ4v) is 5.77. The third kappa shape index (κ3) is 4.30. The summed E-state index contributed by atoms with van der Waals surface area (Å²) in [6, 6.07) is 8.77. The fraction of sp³-hybridized carbons (Fsp3) is 0.231. The van der Waals surface area contributed by atoms with E-state index in [0.717, 1.165) is 21.4 Å². The van der Waals surface area contributed by atoms with Gasteiger partial charge in [0.25, 0.3) is 10.0 Å². The van der Waals surface area contributed by atoms with Crippen molar-refractivity contribution in [3.8, 4) is 0 Å². The Bertz CT molecular complexity index is 710. The van der Waals surface area contributed by atoms with Crippen molar-refractivity contribution in [2.75, 3.05) is 0 Å². The maximum absolute atomic E-state index is 12.4. The van der Waals surface area contributed by atoms with Gasteiger partial charge < -0.3 is 0 Å². The van der Waals surface area contributed by atoms with Crippen LogP contribution >= 0.6 is 54.8 Å². The van der Waals surface area contributed by atoms with E-state index in [-0.39, 0.29) is 10.3 Å². The third-order valence-electron chi connectivity index (χ3n) is 2.87. The van der Waals surface area contributed by atoms with Crippen molar-refractivity contribution in [3.63, 3.8) is 0 Å². The normalized spacial score (nSPS) is 13.3. The molecule has 2 aromatic rings. The van der Waals surface area contributed by atoms with Crippen LogP contribution in [-0.2, 0) is 10.0 Å². The highest BCUT2D eigenvalue weighted by atomic mass is 79.9. The van der Waals surface area contributed by atoms with Gasteiger partial charge in [-0.05, 0) is 46.1 Å². The number of halogens is 3. The van der Waals surface area contributed by atoms with Gasteiger partial charge in [-0.25, -0.2) is 13.1 Å². The quantitative estimate of drug-likeness (QED) is 0.636. The molecule has 1 aromatic heterocycles. The fourth-order valence-electron chi connectivity index (χ4n) is 1.79. The van der Waals surface area contributed by atoms with E-state index in [2.05, 4.69) is 36.6 Å². The predicted molar refractivity (Wildman–Crippen MR) is 94.5 cm³/mol. The van der Waals surface area contributed by atoms with Gasteiger partial charge in [0.15, 0.2) is 0 Å². The molecule has 0 aliphatic heterocycles. The average Bonchev–Trinajstić information content (AvgIpc) is 2.78. The summed E-state index contributed by atoms with van der Waals surface area (Å²) in [6.45, 7) is 1.94. The zero-order valence-electron chi connectivity index (χ0n) is 10.9. The van der Waals surface area contributed by atoms with Gasteiger partial charge in [-0.15, -0.1) is 11.3 Å². The predicted octanol–water partition coefficient (Wildman–Crippen LogP) is 5.36. The van der Waals surface area contributed by atoms with E-state index in [0.29, 0.717) is 15.2 Å². The Morgan fingerprint density at radius 1 is 1.29 bits per heavy atom. The Labute approximate surface area is 150 Å². The number of nitrogens with one attached hydrogen (secondary N) is 1. The van der Waals surface area contributed by atoms with Crippen molar-refractivity contribution >= 4 is 64.8 Å². The molecule has 114 valence electrons. The molecule has 0 aliphatic rings. The zero-order valence-corrected chi connectivity index (χ0v) is 16.5. The van der Waals surface area contributed by atoms with Crippen molar-refractivity contribution in [2.24, 2.45) is 0 Å². The van der Waals surface area contributed by atoms with Gasteiger partial charge in [-0.2, -0.15) is 0 Å². The molecule has 2 rings (SSSR count). The number of thiophene rings is 1. The van der Waals surface area contributed by atoms with E-state index in [9.17, 15) is 8.42 Å². The first-order chi connectivity index (χ1) is 9.83. The van der Waals surface area contributed by atoms with Crippen LogP contribution in [-0.4, -0.2) is 8.42 Å². The second kappa shape index (κ2) is 7.10. The summed E-state index contributed by atoms with van der Waals surface area (Å²) in [5, 5.41) is 0.400. The van der Waals surface area contributed by atoms with Crippen LogP contribution in [0.2, 0.25) is 5.02 Å². The molecule has 0 fully saturated rings. The second-order valence-electron chi connectivity index (χ2n) is 4.32. The molecule has 1 aromatic carbocycles. The van der Waals surface area contributed by atoms with Gasteiger partial charge in [-0.1, -0.05) is 46.6 Å². The molecule has 1 heterocycles. The Kier molecular flexibility index (Phi) is 5.90. The highest BCUT2D eigenvalue weighted by Gasteiger charge is 2.23. The Morgan fingerprint density at radius 2 is 1.90 bits per heavy atom. The molecule has 1 N–H and O–H groups in total. The lowest BCUT2D eigenvalue weighted by atomic mass is 10.1. The lowest BCUT2D eigenvalue weighted by Gasteiger charge is -2.17. The van der Waals surface area contributed by atoms with Gasteiger partial charge in [0, 0.05) is 10.5 Å². The minimum absolute atomic E-state index is 0.204. The first-order valence-corrected chi connectivity index (χ1v) is 10.3. The minimum Gasteiger partial charge on any atom is -0.206 e. The molecule has 0 bridgehead atoms. The Balaban J connectivity index is 2.27. The summed E-state index contributed by atoms with van der Waals surface area (Å²) in [7, 11) is -3.59. The molecule has 0 aliphatic carbocycles. The second-order valence-corrected chi connectivity index (χ2v) is 9.95. The summed E-state index contributed by atoms with van der Waals surface area (Å²) in [6.07, 6.45) is 0.654. The molecule has 0 spiro atoms. The average molecular weight is 474 g/mol. The number of sulfonamides is 1. The monoisotopic (exact) mass is 471 g/mol. The van der Waals surface area contributed by atoms with Crippen LogP contribution in [0.15, 0.2) is 42.8 Å². The summed E-state index contributed by atoms with van der Waals surface area (Å²) in [4.78, 5) is 0. The summed E-state index contributed by atoms with van der Waals surface area (Å²) in [5.41, 5.74) is 0.922. The first kappa shape index (κ1) is 17.4. The lowest BCUT2D eigenvalue weighted by molar-refractivity contribution is 0.552. The van der Waals surface area contributed by atoms with Gasteiger partial charge >= 0.3 is 0 Å². The largest absolute Gasteiger partial charge is 0.250 e. The van der Waals surface area contributed by atoms with Crippen molar-refractivity contribution in [2.45, 2.75) is 23.6 Å². The highest BCUT2D eigenvalue weighted by Crippen LogP contribution is 2.35. The Hall–Kier alpha value is 0.0800. The molecule has 0 radical (unpaired) electrons. The van der Waals surface area contributed by atoms with E-state index >= 15 is 0 Å². The molecule has 3 nitrogen and oxygen atoms in total. The van der Waals surface area contributed by atoms with E-state index in [1.165, 1.54) is 6.07 Å². The number of hydrogen-bond acceptors (Lipinski definition) is 3. The van der Waals surface area contributed by atoms with Crippen LogP contribution in [0, 0.1) is 0 Å². The van der Waals surface area contributed by atoms with E-state index in [1.54, 1.807) is 0 Å². The van der Waals surface area contributed by atoms with E-state index < -0.39 is 10.0 Å². The van der Waals surface area contributed by atoms with Crippen LogP contribution in [0.3, 0.4) is 0 Å². The van der Waals surface area contributed by atoms with Crippen molar-refractivity contribution in [3.05, 3.63) is 49.2 Å². The third-order valence-corrected chi connectivity index (χ3v) is 7.81. The van der Waals surface area contributed by atoms with E-state index in [4.69, 9.17) is 11.6 Å². The standard InChI is InChI=1S/C13H12Br2ClNO2S2/c1-2-11(8-3-5-9(14)6-4-8)17-21(18,19)12-7-10(16)13(15)20-12/h3-7,11,17H,2H2,1H3. The molecule has 8 heteroatoms. The van der Waals surface area contributed by atoms with Crippen LogP contribution in [0.4, 0.5) is 0 Å². The summed E-state index contributed by atoms with van der Waals surface area (Å²) >= 11 is 13.6. The van der Waals surface area contributed by atoms with Crippen LogP contribution in [0.5, 0.6) is 0 Å². The van der Waals surface area contributed by atoms with Gasteiger partial charge in [-0.3, -0.25) is 0 Å². The minimum atomic E-state index is -3.59. The molecule has 21 heavy (non-hydrogen) atoms. The molecule has 0 saturated carbocycles. The maximum atomic E-state index is 12.4. The van der Waals surface area contributed by atoms with E-state index in [1.807, 2.05) is 31.2 Å². The summed E-state index contributed by atoms with van der Waals surface area (Å²) in [5.74, 6) is 0. The molecular formula is C13H12Br2ClNO2S2. The van der Waals surface area contributed by atoms with Gasteiger partial charge in [0.1, 0.15) is 4.21 Å². The van der Waals surface area contributed by atoms with Gasteiger partial charge in [0.2, 0.25) is 0 Å². The zero-order chi connectivity index (χ0) is 15.6. The van der Waals surface area contributed by atoms with Crippen molar-refractivity contribution in [1.82, 2.24) is 4.72 Å². The maximum Gasteiger partial charge on any atom is 0.250 e. The number of rotatable bonds is 5. The molecule has 1 unspecified atom stereocenters. The highest BCUT2D eigenvalue weighted by molar-refractivity contribution is 9.11.